The highest BCUT2D eigenvalue weighted by Gasteiger charge is 2.27. The first-order valence-corrected chi connectivity index (χ1v) is 8.08. The molecule has 0 saturated carbocycles. The largest absolute Gasteiger partial charge is 0.370 e. The Bertz CT molecular complexity index is 962. The van der Waals surface area contributed by atoms with Crippen molar-refractivity contribution in [1.82, 2.24) is 14.5 Å². The molecule has 0 atom stereocenters. The van der Waals surface area contributed by atoms with Gasteiger partial charge in [-0.05, 0) is 25.5 Å². The number of benzene rings is 1. The van der Waals surface area contributed by atoms with Gasteiger partial charge in [-0.25, -0.2) is 9.97 Å². The summed E-state index contributed by atoms with van der Waals surface area (Å²) in [7, 11) is 0. The molecule has 0 saturated heterocycles. The highest BCUT2D eigenvalue weighted by Crippen LogP contribution is 2.27. The first kappa shape index (κ1) is 15.0. The van der Waals surface area contributed by atoms with E-state index in [1.165, 1.54) is 0 Å². The van der Waals surface area contributed by atoms with Gasteiger partial charge in [0.05, 0.1) is 29.8 Å². The van der Waals surface area contributed by atoms with E-state index in [2.05, 4.69) is 9.97 Å². The van der Waals surface area contributed by atoms with Crippen molar-refractivity contribution in [3.8, 4) is 0 Å². The number of hydrogen-bond donors (Lipinski definition) is 0. The summed E-state index contributed by atoms with van der Waals surface area (Å²) >= 11 is 0. The standard InChI is InChI=1S/C19H19N3O2/c1-19(2)9-16-14(11-24-19)8-15-17(21-16)20-12-22(18(15)23)10-13-6-4-3-5-7-13/h3-8,12H,9-11H2,1-2H3. The molecule has 1 aliphatic rings. The average Bonchev–Trinajstić information content (AvgIpc) is 2.56. The van der Waals surface area contributed by atoms with E-state index in [1.807, 2.05) is 50.2 Å². The molecule has 2 aromatic heterocycles. The molecular formula is C19H19N3O2. The lowest BCUT2D eigenvalue weighted by Gasteiger charge is -2.31. The van der Waals surface area contributed by atoms with Crippen LogP contribution in [0, 0.1) is 0 Å². The van der Waals surface area contributed by atoms with E-state index in [0.717, 1.165) is 23.2 Å². The van der Waals surface area contributed by atoms with Crippen LogP contribution in [0.2, 0.25) is 0 Å². The number of fused-ring (bicyclic) bond motifs is 2. The van der Waals surface area contributed by atoms with Gasteiger partial charge < -0.3 is 4.74 Å². The van der Waals surface area contributed by atoms with Gasteiger partial charge in [0, 0.05) is 12.0 Å². The summed E-state index contributed by atoms with van der Waals surface area (Å²) in [5.41, 5.74) is 3.25. The number of pyridine rings is 1. The van der Waals surface area contributed by atoms with Gasteiger partial charge in [-0.3, -0.25) is 9.36 Å². The fourth-order valence-electron chi connectivity index (χ4n) is 3.07. The fraction of sp³-hybridized carbons (Fsp3) is 0.316. The maximum Gasteiger partial charge on any atom is 0.263 e. The molecule has 0 spiro atoms. The Morgan fingerprint density at radius 1 is 1.25 bits per heavy atom. The molecule has 24 heavy (non-hydrogen) atoms. The Labute approximate surface area is 139 Å². The molecule has 3 aromatic rings. The van der Waals surface area contributed by atoms with Crippen LogP contribution in [0.15, 0.2) is 47.5 Å². The van der Waals surface area contributed by atoms with Crippen molar-refractivity contribution >= 4 is 11.0 Å². The molecule has 0 fully saturated rings. The van der Waals surface area contributed by atoms with E-state index < -0.39 is 0 Å². The van der Waals surface area contributed by atoms with E-state index >= 15 is 0 Å². The SMILES string of the molecule is CC1(C)Cc2nc3ncn(Cc4ccccc4)c(=O)c3cc2CO1. The zero-order chi connectivity index (χ0) is 16.7. The number of ether oxygens (including phenoxy) is 1. The lowest BCUT2D eigenvalue weighted by molar-refractivity contribution is -0.0411. The molecule has 1 aliphatic heterocycles. The van der Waals surface area contributed by atoms with Gasteiger partial charge in [0.25, 0.3) is 5.56 Å². The molecule has 0 N–H and O–H groups in total. The molecule has 5 nitrogen and oxygen atoms in total. The normalized spacial score (nSPS) is 16.1. The van der Waals surface area contributed by atoms with Crippen molar-refractivity contribution in [2.45, 2.75) is 39.0 Å². The molecule has 5 heteroatoms. The Morgan fingerprint density at radius 2 is 2.04 bits per heavy atom. The minimum absolute atomic E-state index is 0.0658. The Balaban J connectivity index is 1.78. The second kappa shape index (κ2) is 5.53. The number of hydrogen-bond acceptors (Lipinski definition) is 4. The molecule has 0 bridgehead atoms. The summed E-state index contributed by atoms with van der Waals surface area (Å²) in [5, 5.41) is 0.551. The molecule has 3 heterocycles. The molecular weight excluding hydrogens is 302 g/mol. The van der Waals surface area contributed by atoms with Crippen LogP contribution in [0.1, 0.15) is 30.7 Å². The van der Waals surface area contributed by atoms with Crippen molar-refractivity contribution in [3.63, 3.8) is 0 Å². The van der Waals surface area contributed by atoms with E-state index in [0.29, 0.717) is 24.2 Å². The lowest BCUT2D eigenvalue weighted by Crippen LogP contribution is -2.33. The fourth-order valence-corrected chi connectivity index (χ4v) is 3.07. The second-order valence-electron chi connectivity index (χ2n) is 6.85. The number of nitrogens with zero attached hydrogens (tertiary/aromatic N) is 3. The van der Waals surface area contributed by atoms with E-state index in [-0.39, 0.29) is 11.2 Å². The third-order valence-corrected chi connectivity index (χ3v) is 4.39. The van der Waals surface area contributed by atoms with E-state index in [4.69, 9.17) is 4.74 Å². The topological polar surface area (TPSA) is 57.0 Å². The van der Waals surface area contributed by atoms with Crippen molar-refractivity contribution < 1.29 is 4.74 Å². The predicted molar refractivity (Wildman–Crippen MR) is 91.9 cm³/mol. The van der Waals surface area contributed by atoms with Gasteiger partial charge in [-0.1, -0.05) is 30.3 Å². The third-order valence-electron chi connectivity index (χ3n) is 4.39. The molecule has 0 amide bonds. The van der Waals surface area contributed by atoms with E-state index in [1.54, 1.807) is 10.9 Å². The summed E-state index contributed by atoms with van der Waals surface area (Å²) in [6, 6.07) is 11.8. The molecule has 1 aromatic carbocycles. The first-order valence-electron chi connectivity index (χ1n) is 8.08. The zero-order valence-electron chi connectivity index (χ0n) is 13.8. The van der Waals surface area contributed by atoms with Crippen molar-refractivity contribution in [1.29, 1.82) is 0 Å². The molecule has 122 valence electrons. The minimum Gasteiger partial charge on any atom is -0.370 e. The predicted octanol–water partition coefficient (Wildman–Crippen LogP) is 2.69. The summed E-state index contributed by atoms with van der Waals surface area (Å²) < 4.78 is 7.46. The van der Waals surface area contributed by atoms with Crippen LogP contribution in [0.4, 0.5) is 0 Å². The van der Waals surface area contributed by atoms with Gasteiger partial charge >= 0.3 is 0 Å². The Kier molecular flexibility index (Phi) is 3.46. The zero-order valence-corrected chi connectivity index (χ0v) is 13.8. The van der Waals surface area contributed by atoms with Crippen LogP contribution in [-0.2, 0) is 24.3 Å². The lowest BCUT2D eigenvalue weighted by atomic mass is 9.95. The highest BCUT2D eigenvalue weighted by molar-refractivity contribution is 5.74. The Morgan fingerprint density at radius 3 is 2.83 bits per heavy atom. The minimum atomic E-state index is -0.226. The number of rotatable bonds is 2. The smallest absolute Gasteiger partial charge is 0.263 e. The highest BCUT2D eigenvalue weighted by atomic mass is 16.5. The molecule has 4 rings (SSSR count). The van der Waals surface area contributed by atoms with Crippen LogP contribution in [0.25, 0.3) is 11.0 Å². The van der Waals surface area contributed by atoms with Crippen LogP contribution in [0.5, 0.6) is 0 Å². The summed E-state index contributed by atoms with van der Waals surface area (Å²) in [5.74, 6) is 0. The first-order chi connectivity index (χ1) is 11.5. The monoisotopic (exact) mass is 321 g/mol. The van der Waals surface area contributed by atoms with Gasteiger partial charge in [-0.2, -0.15) is 0 Å². The van der Waals surface area contributed by atoms with Crippen LogP contribution in [0.3, 0.4) is 0 Å². The van der Waals surface area contributed by atoms with Crippen LogP contribution < -0.4 is 5.56 Å². The van der Waals surface area contributed by atoms with Gasteiger partial charge in [-0.15, -0.1) is 0 Å². The number of aromatic nitrogens is 3. The van der Waals surface area contributed by atoms with Crippen molar-refractivity contribution in [2.24, 2.45) is 0 Å². The quantitative estimate of drug-likeness (QED) is 0.728. The summed E-state index contributed by atoms with van der Waals surface area (Å²) in [6.07, 6.45) is 2.31. The molecule has 0 aliphatic carbocycles. The van der Waals surface area contributed by atoms with Crippen LogP contribution >= 0.6 is 0 Å². The molecule has 0 radical (unpaired) electrons. The second-order valence-corrected chi connectivity index (χ2v) is 6.85. The van der Waals surface area contributed by atoms with Crippen LogP contribution in [-0.4, -0.2) is 20.1 Å². The van der Waals surface area contributed by atoms with Crippen molar-refractivity contribution in [2.75, 3.05) is 0 Å². The molecule has 0 unspecified atom stereocenters. The van der Waals surface area contributed by atoms with Gasteiger partial charge in [0.1, 0.15) is 6.33 Å². The maximum atomic E-state index is 12.8. The Hall–Kier alpha value is -2.53. The van der Waals surface area contributed by atoms with E-state index in [9.17, 15) is 4.79 Å². The van der Waals surface area contributed by atoms with Gasteiger partial charge in [0.2, 0.25) is 0 Å². The third kappa shape index (κ3) is 2.71. The summed E-state index contributed by atoms with van der Waals surface area (Å²) in [6.45, 7) is 5.09. The summed E-state index contributed by atoms with van der Waals surface area (Å²) in [4.78, 5) is 21.8. The average molecular weight is 321 g/mol. The van der Waals surface area contributed by atoms with Gasteiger partial charge in [0.15, 0.2) is 5.65 Å². The maximum absolute atomic E-state index is 12.8. The van der Waals surface area contributed by atoms with Crippen molar-refractivity contribution in [3.05, 3.63) is 69.9 Å².